The van der Waals surface area contributed by atoms with E-state index in [9.17, 15) is 0 Å². The quantitative estimate of drug-likeness (QED) is 0.193. The summed E-state index contributed by atoms with van der Waals surface area (Å²) in [6.07, 6.45) is 7.35. The molecule has 0 amide bonds. The maximum Gasteiger partial charge on any atom is 0.172 e. The zero-order chi connectivity index (χ0) is 36.3. The van der Waals surface area contributed by atoms with E-state index >= 15 is 0 Å². The third-order valence-electron chi connectivity index (χ3n) is 10.8. The molecule has 262 valence electrons. The topological polar surface area (TPSA) is 60.1 Å². The average Bonchev–Trinajstić information content (AvgIpc) is 3.56. The van der Waals surface area contributed by atoms with Gasteiger partial charge in [0.2, 0.25) is 0 Å². The van der Waals surface area contributed by atoms with Crippen LogP contribution in [-0.2, 0) is 0 Å². The van der Waals surface area contributed by atoms with E-state index in [0.29, 0.717) is 5.75 Å². The van der Waals surface area contributed by atoms with Crippen LogP contribution in [0.5, 0.6) is 23.0 Å². The molecule has 1 N–H and O–H groups in total. The van der Waals surface area contributed by atoms with Crippen molar-refractivity contribution >= 4 is 44.2 Å². The molecule has 55 heavy (non-hydrogen) atoms. The van der Waals surface area contributed by atoms with Crippen LogP contribution in [0.3, 0.4) is 0 Å². The zero-order valence-electron chi connectivity index (χ0n) is 29.8. The van der Waals surface area contributed by atoms with Crippen molar-refractivity contribution in [2.75, 3.05) is 0 Å². The molecule has 2 aliphatic heterocycles. The summed E-state index contributed by atoms with van der Waals surface area (Å²) >= 11 is 0. The van der Waals surface area contributed by atoms with Gasteiger partial charge in [0.05, 0.1) is 11.0 Å². The Morgan fingerprint density at radius 2 is 1.16 bits per heavy atom. The van der Waals surface area contributed by atoms with E-state index in [0.717, 1.165) is 74.1 Å². The molecule has 0 radical (unpaired) electrons. The Hall–Kier alpha value is -7.18. The van der Waals surface area contributed by atoms with Crippen LogP contribution >= 0.6 is 0 Å². The van der Waals surface area contributed by atoms with Gasteiger partial charge in [0, 0.05) is 39.6 Å². The van der Waals surface area contributed by atoms with Crippen molar-refractivity contribution in [3.8, 4) is 28.7 Å². The maximum absolute atomic E-state index is 6.39. The minimum atomic E-state index is -0.313. The molecule has 1 aromatic heterocycles. The first-order chi connectivity index (χ1) is 27.2. The second-order valence-electron chi connectivity index (χ2n) is 14.2. The Morgan fingerprint density at radius 1 is 0.545 bits per heavy atom. The molecule has 11 rings (SSSR count). The van der Waals surface area contributed by atoms with Gasteiger partial charge in [0.25, 0.3) is 0 Å². The molecule has 0 saturated heterocycles. The molecule has 3 aliphatic rings. The van der Waals surface area contributed by atoms with Gasteiger partial charge in [-0.3, -0.25) is 0 Å². The van der Waals surface area contributed by atoms with Crippen LogP contribution in [-0.4, -0.2) is 16.2 Å². The van der Waals surface area contributed by atoms with Crippen molar-refractivity contribution in [3.05, 3.63) is 198 Å². The molecule has 6 nitrogen and oxygen atoms in total. The number of allylic oxidation sites excluding steroid dienone is 2. The number of hydrogen-bond acceptors (Lipinski definition) is 5. The zero-order valence-corrected chi connectivity index (χ0v) is 29.8. The van der Waals surface area contributed by atoms with Gasteiger partial charge in [-0.2, -0.15) is 0 Å². The van der Waals surface area contributed by atoms with E-state index in [2.05, 4.69) is 125 Å². The lowest BCUT2D eigenvalue weighted by atomic mass is 9.89. The van der Waals surface area contributed by atoms with Crippen molar-refractivity contribution in [1.29, 1.82) is 0 Å². The summed E-state index contributed by atoms with van der Waals surface area (Å²) < 4.78 is 15.1. The minimum Gasteiger partial charge on any atom is -0.449 e. The van der Waals surface area contributed by atoms with Gasteiger partial charge in [0.1, 0.15) is 11.7 Å². The molecule has 1 aliphatic carbocycles. The van der Waals surface area contributed by atoms with Crippen molar-refractivity contribution in [1.82, 2.24) is 9.88 Å². The molecular formula is C49H34N4O2. The number of amidine groups is 2. The first-order valence-electron chi connectivity index (χ1n) is 18.7. The average molecular weight is 711 g/mol. The second kappa shape index (κ2) is 12.7. The molecule has 8 aromatic rings. The summed E-state index contributed by atoms with van der Waals surface area (Å²) in [4.78, 5) is 10.1. The van der Waals surface area contributed by atoms with Gasteiger partial charge in [-0.05, 0) is 70.8 Å². The Morgan fingerprint density at radius 3 is 1.89 bits per heavy atom. The normalized spacial score (nSPS) is 17.3. The van der Waals surface area contributed by atoms with E-state index in [1.165, 1.54) is 21.7 Å². The standard InChI is InChI=1S/C49H34N4O2/c1-3-11-33(12-4-1)47-50-48(34-13-5-2-6-14-34)52-49(51-47)35-21-19-31(20-22-35)32-23-25-38(26-24-32)53-41-28-37-16-8-7-15-36(37)27-39(41)40-29-45-46(30-42(40)53)55-44-18-10-9-17-43(44)54-45/h1-19,21-31,47H,20H2,(H,50,51,52). The van der Waals surface area contributed by atoms with E-state index in [1.54, 1.807) is 0 Å². The first kappa shape index (κ1) is 31.4. The Labute approximate surface area is 318 Å². The number of ether oxygens (including phenoxy) is 2. The third-order valence-corrected chi connectivity index (χ3v) is 10.8. The molecule has 0 spiro atoms. The van der Waals surface area contributed by atoms with Crippen LogP contribution in [0.1, 0.15) is 35.2 Å². The molecule has 0 fully saturated rings. The number of rotatable bonds is 5. The lowest BCUT2D eigenvalue weighted by Gasteiger charge is -2.24. The van der Waals surface area contributed by atoms with Crippen LogP contribution in [0.4, 0.5) is 0 Å². The largest absolute Gasteiger partial charge is 0.449 e. The Kier molecular flexibility index (Phi) is 7.27. The van der Waals surface area contributed by atoms with Gasteiger partial charge >= 0.3 is 0 Å². The molecule has 0 bridgehead atoms. The highest BCUT2D eigenvalue weighted by Crippen LogP contribution is 2.48. The number of aliphatic imine (C=N–C) groups is 2. The van der Waals surface area contributed by atoms with Crippen LogP contribution in [0.15, 0.2) is 192 Å². The lowest BCUT2D eigenvalue weighted by molar-refractivity contribution is 0.360. The number of fused-ring (bicyclic) bond motifs is 6. The number of para-hydroxylation sites is 2. The SMILES string of the molecule is C1=CC(c2ccc(-n3c4cc5c(cc4c4cc6ccccc6cc43)Oc3ccccc3O5)cc2)CC=C1C1=NC(c2ccccc2)N=C(c2ccccc2)N1. The number of nitrogens with zero attached hydrogens (tertiary/aromatic N) is 3. The summed E-state index contributed by atoms with van der Waals surface area (Å²) in [6, 6.07) is 54.7. The summed E-state index contributed by atoms with van der Waals surface area (Å²) in [5.74, 6) is 4.79. The highest BCUT2D eigenvalue weighted by molar-refractivity contribution is 6.17. The number of hydrogen-bond donors (Lipinski definition) is 1. The maximum atomic E-state index is 6.39. The Balaban J connectivity index is 0.922. The fraction of sp³-hybridized carbons (Fsp3) is 0.0612. The second-order valence-corrected chi connectivity index (χ2v) is 14.2. The van der Waals surface area contributed by atoms with E-state index < -0.39 is 0 Å². The fourth-order valence-corrected chi connectivity index (χ4v) is 8.03. The fourth-order valence-electron chi connectivity index (χ4n) is 8.03. The third kappa shape index (κ3) is 5.50. The van der Waals surface area contributed by atoms with Crippen molar-refractivity contribution in [3.63, 3.8) is 0 Å². The highest BCUT2D eigenvalue weighted by Gasteiger charge is 2.25. The lowest BCUT2D eigenvalue weighted by Crippen LogP contribution is -2.36. The Bertz CT molecular complexity index is 2920. The van der Waals surface area contributed by atoms with E-state index in [4.69, 9.17) is 19.5 Å². The molecule has 2 unspecified atom stereocenters. The summed E-state index contributed by atoms with van der Waals surface area (Å²) in [5, 5.41) is 8.23. The molecule has 7 aromatic carbocycles. The smallest absolute Gasteiger partial charge is 0.172 e. The molecular weight excluding hydrogens is 677 g/mol. The van der Waals surface area contributed by atoms with E-state index in [-0.39, 0.29) is 12.1 Å². The molecule has 0 saturated carbocycles. The van der Waals surface area contributed by atoms with Gasteiger partial charge in [-0.15, -0.1) is 0 Å². The van der Waals surface area contributed by atoms with Gasteiger partial charge in [-0.25, -0.2) is 9.98 Å². The van der Waals surface area contributed by atoms with E-state index in [1.807, 2.05) is 60.7 Å². The number of nitrogens with one attached hydrogen (secondary N) is 1. The monoisotopic (exact) mass is 710 g/mol. The van der Waals surface area contributed by atoms with Crippen molar-refractivity contribution in [2.24, 2.45) is 9.98 Å². The predicted molar refractivity (Wildman–Crippen MR) is 222 cm³/mol. The summed E-state index contributed by atoms with van der Waals surface area (Å²) in [5.41, 5.74) is 7.74. The van der Waals surface area contributed by atoms with Gasteiger partial charge in [0.15, 0.2) is 29.2 Å². The van der Waals surface area contributed by atoms with Gasteiger partial charge in [-0.1, -0.05) is 127 Å². The summed E-state index contributed by atoms with van der Waals surface area (Å²) in [6.45, 7) is 0. The van der Waals surface area contributed by atoms with Gasteiger partial charge < -0.3 is 19.4 Å². The highest BCUT2D eigenvalue weighted by atomic mass is 16.6. The van der Waals surface area contributed by atoms with Crippen LogP contribution in [0.2, 0.25) is 0 Å². The number of aromatic nitrogens is 1. The first-order valence-corrected chi connectivity index (χ1v) is 18.7. The predicted octanol–water partition coefficient (Wildman–Crippen LogP) is 12.0. The van der Waals surface area contributed by atoms with Crippen LogP contribution in [0, 0.1) is 0 Å². The minimum absolute atomic E-state index is 0.244. The van der Waals surface area contributed by atoms with Crippen LogP contribution < -0.4 is 14.8 Å². The van der Waals surface area contributed by atoms with Crippen molar-refractivity contribution < 1.29 is 9.47 Å². The summed E-state index contributed by atoms with van der Waals surface area (Å²) in [7, 11) is 0. The molecule has 3 heterocycles. The number of benzene rings is 7. The van der Waals surface area contributed by atoms with Crippen LogP contribution in [0.25, 0.3) is 38.3 Å². The molecule has 2 atom stereocenters. The van der Waals surface area contributed by atoms with Crippen molar-refractivity contribution in [2.45, 2.75) is 18.5 Å². The molecule has 6 heteroatoms.